The van der Waals surface area contributed by atoms with Gasteiger partial charge >= 0.3 is 5.97 Å². The maximum atomic E-state index is 10.3. The van der Waals surface area contributed by atoms with Gasteiger partial charge in [-0.3, -0.25) is 4.79 Å². The highest BCUT2D eigenvalue weighted by Gasteiger charge is 2.06. The molecule has 0 unspecified atom stereocenters. The number of nitrogens with zero attached hydrogens (tertiary/aromatic N) is 1. The number of carboxylic acid groups (broad SMARTS) is 1. The second-order valence-corrected chi connectivity index (χ2v) is 2.12. The molecule has 0 amide bonds. The number of aromatic carboxylic acids is 1. The zero-order valence-electron chi connectivity index (χ0n) is 6.02. The van der Waals surface area contributed by atoms with Crippen molar-refractivity contribution in [3.05, 3.63) is 23.5 Å². The number of hydrogen-bond acceptors (Lipinski definition) is 4. The lowest BCUT2D eigenvalue weighted by atomic mass is 10.2. The predicted octanol–water partition coefficient (Wildman–Crippen LogP) is 0.175. The van der Waals surface area contributed by atoms with Crippen LogP contribution in [0.4, 0.5) is 5.69 Å². The van der Waals surface area contributed by atoms with Gasteiger partial charge in [0.2, 0.25) is 0 Å². The zero-order chi connectivity index (χ0) is 9.14. The Kier molecular flexibility index (Phi) is 2.05. The molecular weight excluding hydrogens is 160 g/mol. The molecule has 0 spiro atoms. The van der Waals surface area contributed by atoms with Gasteiger partial charge in [-0.05, 0) is 6.07 Å². The third kappa shape index (κ3) is 1.39. The molecule has 1 aromatic rings. The second kappa shape index (κ2) is 3.00. The van der Waals surface area contributed by atoms with Gasteiger partial charge in [-0.2, -0.15) is 0 Å². The normalized spacial score (nSPS) is 9.33. The van der Waals surface area contributed by atoms with Gasteiger partial charge < -0.3 is 10.8 Å². The third-order valence-corrected chi connectivity index (χ3v) is 1.31. The summed E-state index contributed by atoms with van der Waals surface area (Å²) in [5.41, 5.74) is 5.48. The first-order chi connectivity index (χ1) is 5.65. The molecule has 0 aromatic carbocycles. The molecule has 0 radical (unpaired) electrons. The Balaban J connectivity index is 3.18. The number of carboxylic acids is 1. The van der Waals surface area contributed by atoms with Gasteiger partial charge in [0, 0.05) is 11.9 Å². The van der Waals surface area contributed by atoms with Crippen LogP contribution < -0.4 is 5.73 Å². The summed E-state index contributed by atoms with van der Waals surface area (Å²) >= 11 is 0. The number of aldehydes is 1. The number of carbonyl (C=O) groups is 2. The molecule has 62 valence electrons. The molecule has 0 aliphatic heterocycles. The average Bonchev–Trinajstić information content (AvgIpc) is 2.04. The van der Waals surface area contributed by atoms with Gasteiger partial charge in [0.1, 0.15) is 5.69 Å². The molecule has 1 aromatic heterocycles. The molecule has 0 fully saturated rings. The number of nitrogens with two attached hydrogens (primary N) is 1. The van der Waals surface area contributed by atoms with Crippen LogP contribution in [0, 0.1) is 0 Å². The monoisotopic (exact) mass is 166 g/mol. The molecule has 0 aliphatic rings. The Morgan fingerprint density at radius 3 is 2.75 bits per heavy atom. The highest BCUT2D eigenvalue weighted by molar-refractivity contribution is 5.89. The Labute approximate surface area is 67.8 Å². The topological polar surface area (TPSA) is 93.3 Å². The Morgan fingerprint density at radius 2 is 2.33 bits per heavy atom. The third-order valence-electron chi connectivity index (χ3n) is 1.31. The van der Waals surface area contributed by atoms with Crippen LogP contribution in [0.25, 0.3) is 0 Å². The van der Waals surface area contributed by atoms with Crippen molar-refractivity contribution in [2.24, 2.45) is 0 Å². The van der Waals surface area contributed by atoms with Crippen molar-refractivity contribution in [2.75, 3.05) is 5.73 Å². The van der Waals surface area contributed by atoms with Crippen LogP contribution in [0.15, 0.2) is 12.3 Å². The fourth-order valence-corrected chi connectivity index (χ4v) is 0.697. The van der Waals surface area contributed by atoms with E-state index in [9.17, 15) is 9.59 Å². The van der Waals surface area contributed by atoms with Gasteiger partial charge in [-0.1, -0.05) is 0 Å². The lowest BCUT2D eigenvalue weighted by molar-refractivity contribution is 0.0690. The van der Waals surface area contributed by atoms with Crippen LogP contribution in [0.3, 0.4) is 0 Å². The highest BCUT2D eigenvalue weighted by Crippen LogP contribution is 2.08. The summed E-state index contributed by atoms with van der Waals surface area (Å²) in [7, 11) is 0. The zero-order valence-corrected chi connectivity index (χ0v) is 6.02. The molecule has 0 saturated carbocycles. The molecule has 0 aliphatic carbocycles. The minimum atomic E-state index is -1.17. The maximum Gasteiger partial charge on any atom is 0.354 e. The van der Waals surface area contributed by atoms with E-state index >= 15 is 0 Å². The minimum absolute atomic E-state index is 0.123. The highest BCUT2D eigenvalue weighted by atomic mass is 16.4. The SMILES string of the molecule is Nc1cc(C(=O)O)ncc1C=O. The van der Waals surface area contributed by atoms with Gasteiger partial charge in [-0.15, -0.1) is 0 Å². The van der Waals surface area contributed by atoms with E-state index in [1.165, 1.54) is 0 Å². The van der Waals surface area contributed by atoms with Crippen LogP contribution in [0.1, 0.15) is 20.8 Å². The molecule has 12 heavy (non-hydrogen) atoms. The number of rotatable bonds is 2. The van der Waals surface area contributed by atoms with Gasteiger partial charge in [-0.25, -0.2) is 9.78 Å². The van der Waals surface area contributed by atoms with Crippen LogP contribution in [-0.4, -0.2) is 22.3 Å². The molecule has 0 bridgehead atoms. The number of hydrogen-bond donors (Lipinski definition) is 2. The average molecular weight is 166 g/mol. The number of carbonyl (C=O) groups excluding carboxylic acids is 1. The van der Waals surface area contributed by atoms with E-state index in [2.05, 4.69) is 4.98 Å². The molecule has 5 heteroatoms. The number of aromatic nitrogens is 1. The fourth-order valence-electron chi connectivity index (χ4n) is 0.697. The van der Waals surface area contributed by atoms with E-state index in [0.29, 0.717) is 6.29 Å². The molecule has 1 heterocycles. The summed E-state index contributed by atoms with van der Waals surface area (Å²) in [5, 5.41) is 8.47. The quantitative estimate of drug-likeness (QED) is 0.611. The number of anilines is 1. The van der Waals surface area contributed by atoms with E-state index in [1.807, 2.05) is 0 Å². The summed E-state index contributed by atoms with van der Waals surface area (Å²) in [5.74, 6) is -1.17. The Bertz CT molecular complexity index is 335. The number of nitrogen functional groups attached to an aromatic ring is 1. The molecule has 5 nitrogen and oxygen atoms in total. The van der Waals surface area contributed by atoms with Gasteiger partial charge in [0.05, 0.1) is 5.56 Å². The van der Waals surface area contributed by atoms with Gasteiger partial charge in [0.15, 0.2) is 6.29 Å². The number of pyridine rings is 1. The first-order valence-corrected chi connectivity index (χ1v) is 3.09. The summed E-state index contributed by atoms with van der Waals surface area (Å²) in [4.78, 5) is 24.1. The Hall–Kier alpha value is -1.91. The van der Waals surface area contributed by atoms with Crippen molar-refractivity contribution < 1.29 is 14.7 Å². The molecule has 1 rings (SSSR count). The van der Waals surface area contributed by atoms with Crippen LogP contribution in [0.5, 0.6) is 0 Å². The van der Waals surface area contributed by atoms with E-state index in [-0.39, 0.29) is 16.9 Å². The van der Waals surface area contributed by atoms with Crippen molar-refractivity contribution in [3.63, 3.8) is 0 Å². The first kappa shape index (κ1) is 8.19. The second-order valence-electron chi connectivity index (χ2n) is 2.12. The minimum Gasteiger partial charge on any atom is -0.477 e. The van der Waals surface area contributed by atoms with E-state index < -0.39 is 5.97 Å². The van der Waals surface area contributed by atoms with Crippen LogP contribution in [-0.2, 0) is 0 Å². The molecule has 0 atom stereocenters. The predicted molar refractivity (Wildman–Crippen MR) is 41.0 cm³/mol. The lowest BCUT2D eigenvalue weighted by Gasteiger charge is -1.97. The summed E-state index contributed by atoms with van der Waals surface area (Å²) in [6, 6.07) is 1.14. The Morgan fingerprint density at radius 1 is 1.67 bits per heavy atom. The smallest absolute Gasteiger partial charge is 0.354 e. The van der Waals surface area contributed by atoms with Crippen molar-refractivity contribution in [1.29, 1.82) is 0 Å². The standard InChI is InChI=1S/C7H6N2O3/c8-5-1-6(7(11)12)9-2-4(5)3-10/h1-3H,(H2,8,9)(H,11,12). The van der Waals surface area contributed by atoms with E-state index in [1.54, 1.807) is 0 Å². The van der Waals surface area contributed by atoms with Gasteiger partial charge in [0.25, 0.3) is 0 Å². The summed E-state index contributed by atoms with van der Waals surface area (Å²) in [6.45, 7) is 0. The van der Waals surface area contributed by atoms with E-state index in [4.69, 9.17) is 10.8 Å². The maximum absolute atomic E-state index is 10.3. The van der Waals surface area contributed by atoms with Crippen molar-refractivity contribution in [1.82, 2.24) is 4.98 Å². The van der Waals surface area contributed by atoms with E-state index in [0.717, 1.165) is 12.3 Å². The summed E-state index contributed by atoms with van der Waals surface area (Å²) in [6.07, 6.45) is 1.65. The van der Waals surface area contributed by atoms with Crippen molar-refractivity contribution >= 4 is 17.9 Å². The summed E-state index contributed by atoms with van der Waals surface area (Å²) < 4.78 is 0. The fraction of sp³-hybridized carbons (Fsp3) is 0. The molecular formula is C7H6N2O3. The van der Waals surface area contributed by atoms with Crippen molar-refractivity contribution in [3.8, 4) is 0 Å². The van der Waals surface area contributed by atoms with Crippen LogP contribution in [0.2, 0.25) is 0 Å². The molecule has 0 saturated heterocycles. The molecule has 3 N–H and O–H groups in total. The first-order valence-electron chi connectivity index (χ1n) is 3.09. The largest absolute Gasteiger partial charge is 0.477 e. The lowest BCUT2D eigenvalue weighted by Crippen LogP contribution is -2.03. The van der Waals surface area contributed by atoms with Crippen molar-refractivity contribution in [2.45, 2.75) is 0 Å². The van der Waals surface area contributed by atoms with Crippen LogP contribution >= 0.6 is 0 Å².